The molecular weight excluding hydrogens is 768 g/mol. The van der Waals surface area contributed by atoms with E-state index in [-0.39, 0.29) is 22.2 Å². The summed E-state index contributed by atoms with van der Waals surface area (Å²) in [6.07, 6.45) is 0.805. The Kier molecular flexibility index (Phi) is 9.38. The minimum absolute atomic E-state index is 0.0130. The summed E-state index contributed by atoms with van der Waals surface area (Å²) in [4.78, 5) is 3.11. The van der Waals surface area contributed by atoms with Gasteiger partial charge in [-0.25, -0.2) is 13.4 Å². The number of nitrogens with one attached hydrogen (secondary N) is 1. The Morgan fingerprint density at radius 1 is 0.708 bits per heavy atom. The number of halogens is 1. The second kappa shape index (κ2) is 12.2. The molecule has 0 saturated heterocycles. The molecule has 26 heteroatoms. The lowest BCUT2D eigenvalue weighted by Crippen LogP contribution is -2.09. The molecule has 4 aromatic rings. The summed E-state index contributed by atoms with van der Waals surface area (Å²) in [6.45, 7) is 1.34. The molecule has 0 fully saturated rings. The Labute approximate surface area is 276 Å². The normalized spacial score (nSPS) is 13.3. The van der Waals surface area contributed by atoms with Crippen LogP contribution < -0.4 is 11.1 Å². The van der Waals surface area contributed by atoms with E-state index in [1.807, 2.05) is 0 Å². The van der Waals surface area contributed by atoms with Gasteiger partial charge in [0.2, 0.25) is 15.0 Å². The summed E-state index contributed by atoms with van der Waals surface area (Å²) >= 11 is 6.23. The van der Waals surface area contributed by atoms with Crippen LogP contribution in [0.25, 0.3) is 10.8 Å². The summed E-state index contributed by atoms with van der Waals surface area (Å²) in [6, 6.07) is 3.68. The Bertz CT molecular complexity index is 2650. The molecule has 258 valence electrons. The van der Waals surface area contributed by atoms with Gasteiger partial charge in [0, 0.05) is 17.0 Å². The average molecular weight is 787 g/mol. The zero-order chi connectivity index (χ0) is 36.4. The molecule has 0 aliphatic heterocycles. The number of benzene rings is 3. The van der Waals surface area contributed by atoms with Crippen LogP contribution in [-0.4, -0.2) is 76.5 Å². The summed E-state index contributed by atoms with van der Waals surface area (Å²) in [7, 11) is -24.9. The largest absolute Gasteiger partial charge is 0.398 e. The predicted octanol–water partition coefficient (Wildman–Crippen LogP) is 2.72. The van der Waals surface area contributed by atoms with Crippen LogP contribution in [0.5, 0.6) is 0 Å². The van der Waals surface area contributed by atoms with Gasteiger partial charge in [-0.1, -0.05) is 11.6 Å². The minimum atomic E-state index is -5.36. The lowest BCUT2D eigenvalue weighted by Gasteiger charge is -2.14. The van der Waals surface area contributed by atoms with Crippen molar-refractivity contribution in [2.45, 2.75) is 31.7 Å². The van der Waals surface area contributed by atoms with E-state index >= 15 is 0 Å². The molecule has 1 heterocycles. The Morgan fingerprint density at radius 3 is 1.77 bits per heavy atom. The molecule has 0 aliphatic carbocycles. The number of hydrogen-bond donors (Lipinski definition) is 6. The van der Waals surface area contributed by atoms with Gasteiger partial charge in [-0.2, -0.15) is 43.8 Å². The van der Waals surface area contributed by atoms with Crippen molar-refractivity contribution in [3.63, 3.8) is 0 Å². The van der Waals surface area contributed by atoms with Crippen molar-refractivity contribution in [1.82, 2.24) is 9.97 Å². The van der Waals surface area contributed by atoms with Gasteiger partial charge in [-0.3, -0.25) is 18.2 Å². The van der Waals surface area contributed by atoms with Gasteiger partial charge in [-0.15, -0.1) is 5.11 Å². The maximum Gasteiger partial charge on any atom is 0.296 e. The number of fused-ring (bicyclic) bond motifs is 1. The highest BCUT2D eigenvalue weighted by molar-refractivity contribution is 7.90. The van der Waals surface area contributed by atoms with Gasteiger partial charge in [0.15, 0.2) is 5.82 Å². The molecule has 1 aromatic heterocycles. The second-order valence-corrected chi connectivity index (χ2v) is 17.5. The first-order chi connectivity index (χ1) is 21.7. The van der Waals surface area contributed by atoms with Crippen LogP contribution in [0.3, 0.4) is 0 Å². The fourth-order valence-corrected chi connectivity index (χ4v) is 7.36. The van der Waals surface area contributed by atoms with Crippen LogP contribution in [0, 0.1) is 6.92 Å². The summed E-state index contributed by atoms with van der Waals surface area (Å²) in [5.41, 5.74) is 3.75. The van der Waals surface area contributed by atoms with Crippen molar-refractivity contribution >= 4 is 101 Å². The van der Waals surface area contributed by atoms with E-state index in [1.54, 1.807) is 0 Å². The third kappa shape index (κ3) is 7.86. The van der Waals surface area contributed by atoms with Crippen LogP contribution in [0.4, 0.5) is 28.6 Å². The van der Waals surface area contributed by atoms with E-state index in [0.29, 0.717) is 24.3 Å². The molecule has 0 radical (unpaired) electrons. The molecule has 3 aromatic carbocycles. The Hall–Kier alpha value is -3.92. The molecule has 0 bridgehead atoms. The van der Waals surface area contributed by atoms with Crippen LogP contribution in [0.15, 0.2) is 71.4 Å². The monoisotopic (exact) mass is 786 g/mol. The number of hydrogen-bond acceptors (Lipinski definition) is 16. The molecule has 0 spiro atoms. The number of aryl methyl sites for hydroxylation is 1. The van der Waals surface area contributed by atoms with Crippen molar-refractivity contribution in [1.29, 1.82) is 0 Å². The first kappa shape index (κ1) is 36.9. The topological polar surface area (TPSA) is 340 Å². The quantitative estimate of drug-likeness (QED) is 0.0614. The van der Waals surface area contributed by atoms with Gasteiger partial charge in [-0.05, 0) is 43.3 Å². The van der Waals surface area contributed by atoms with Crippen molar-refractivity contribution in [3.8, 4) is 0 Å². The molecule has 0 aliphatic rings. The van der Waals surface area contributed by atoms with Crippen LogP contribution in [0.2, 0.25) is 5.02 Å². The van der Waals surface area contributed by atoms with Crippen LogP contribution in [-0.2, 0) is 50.3 Å². The average Bonchev–Trinajstić information content (AvgIpc) is 2.91. The number of azo groups is 1. The Morgan fingerprint density at radius 2 is 1.25 bits per heavy atom. The number of anilines is 3. The van der Waals surface area contributed by atoms with Gasteiger partial charge >= 0.3 is 0 Å². The maximum absolute atomic E-state index is 12.3. The molecule has 0 amide bonds. The molecule has 0 saturated carbocycles. The highest BCUT2D eigenvalue weighted by Crippen LogP contribution is 2.39. The zero-order valence-corrected chi connectivity index (χ0v) is 28.5. The van der Waals surface area contributed by atoms with E-state index < -0.39 is 103 Å². The number of nitrogens with two attached hydrogens (primary N) is 1. The van der Waals surface area contributed by atoms with E-state index in [0.717, 1.165) is 18.4 Å². The third-order valence-corrected chi connectivity index (χ3v) is 10.9. The molecule has 20 nitrogen and oxygen atoms in total. The van der Waals surface area contributed by atoms with Crippen molar-refractivity contribution in [2.75, 3.05) is 17.3 Å². The predicted molar refractivity (Wildman–Crippen MR) is 166 cm³/mol. The lowest BCUT2D eigenvalue weighted by molar-refractivity contribution is 0.478. The van der Waals surface area contributed by atoms with Gasteiger partial charge in [0.25, 0.3) is 40.5 Å². The smallest absolute Gasteiger partial charge is 0.296 e. The van der Waals surface area contributed by atoms with Gasteiger partial charge < -0.3 is 11.1 Å². The van der Waals surface area contributed by atoms with Crippen LogP contribution in [0.1, 0.15) is 5.69 Å². The number of nitrogens with zero attached hydrogens (tertiary/aromatic N) is 4. The van der Waals surface area contributed by atoms with Crippen molar-refractivity contribution < 1.29 is 60.3 Å². The second-order valence-electron chi connectivity index (χ2n) is 9.62. The molecule has 0 unspecified atom stereocenters. The molecular formula is C22H19ClN6O14S5. The molecule has 48 heavy (non-hydrogen) atoms. The van der Waals surface area contributed by atoms with Crippen molar-refractivity contribution in [2.24, 2.45) is 10.2 Å². The fourth-order valence-electron chi connectivity index (χ4n) is 4.00. The zero-order valence-electron chi connectivity index (χ0n) is 23.6. The standard InChI is InChI=1S/C22H19ClN6O14S5/c1-9-20(23)21(27-22(25-9)44(2,30)31)26-15-7-14(24)19(48(41,42)43)8-16(15)29-28-10-3-12-13(17(4-10)46(35,36)37)5-11(45(32,33)34)6-18(12)47(38,39)40/h3-8H,24H2,1-2H3,(H,25,26,27)(H,32,33,34)(H,35,36,37)(H,38,39,40)(H,41,42,43). The van der Waals surface area contributed by atoms with E-state index in [9.17, 15) is 60.3 Å². The minimum Gasteiger partial charge on any atom is -0.398 e. The third-order valence-electron chi connectivity index (χ3n) is 6.07. The van der Waals surface area contributed by atoms with Crippen LogP contribution >= 0.6 is 11.6 Å². The number of sulfone groups is 1. The SMILES string of the molecule is Cc1nc(S(C)(=O)=O)nc(Nc2cc(N)c(S(=O)(=O)O)cc2N=Nc2cc(S(=O)(=O)O)c3cc(S(=O)(=O)O)cc(S(=O)(=O)O)c3c2)c1Cl. The molecule has 0 atom stereocenters. The van der Waals surface area contributed by atoms with Gasteiger partial charge in [0.05, 0.1) is 27.7 Å². The molecule has 4 rings (SSSR count). The fraction of sp³-hybridized carbons (Fsp3) is 0.0909. The highest BCUT2D eigenvalue weighted by Gasteiger charge is 2.26. The van der Waals surface area contributed by atoms with Crippen molar-refractivity contribution in [3.05, 3.63) is 47.1 Å². The first-order valence-electron chi connectivity index (χ1n) is 12.1. The summed E-state index contributed by atoms with van der Waals surface area (Å²) < 4.78 is 159. The first-order valence-corrected chi connectivity index (χ1v) is 20.1. The van der Waals surface area contributed by atoms with E-state index in [2.05, 4.69) is 25.5 Å². The Balaban J connectivity index is 2.03. The van der Waals surface area contributed by atoms with Gasteiger partial charge in [0.1, 0.15) is 25.4 Å². The summed E-state index contributed by atoms with van der Waals surface area (Å²) in [5, 5.41) is 7.68. The summed E-state index contributed by atoms with van der Waals surface area (Å²) in [5.74, 6) is -0.355. The number of aromatic nitrogens is 2. The highest BCUT2D eigenvalue weighted by atomic mass is 35.5. The van der Waals surface area contributed by atoms with E-state index in [1.165, 1.54) is 6.92 Å². The lowest BCUT2D eigenvalue weighted by atomic mass is 10.1. The number of rotatable bonds is 9. The molecule has 7 N–H and O–H groups in total. The van der Waals surface area contributed by atoms with E-state index in [4.69, 9.17) is 17.3 Å². The maximum atomic E-state index is 12.3. The number of nitrogen functional groups attached to an aromatic ring is 1.